The van der Waals surface area contributed by atoms with Gasteiger partial charge in [0.05, 0.1) is 12.2 Å². The number of amides is 1. The number of benzene rings is 2. The molecule has 5 heteroatoms. The summed E-state index contributed by atoms with van der Waals surface area (Å²) in [6.07, 6.45) is 0.735. The first-order valence-corrected chi connectivity index (χ1v) is 8.43. The molecule has 2 aromatic rings. The van der Waals surface area contributed by atoms with Crippen LogP contribution in [0.15, 0.2) is 54.6 Å². The van der Waals surface area contributed by atoms with Gasteiger partial charge in [0.1, 0.15) is 5.75 Å². The Balaban J connectivity index is 1.95. The Hall–Kier alpha value is -2.82. The fourth-order valence-electron chi connectivity index (χ4n) is 2.18. The molecule has 0 aliphatic rings. The maximum Gasteiger partial charge on any atom is 0.338 e. The van der Waals surface area contributed by atoms with Crippen LogP contribution >= 0.6 is 0 Å². The number of carbonyl (C=O) groups is 2. The van der Waals surface area contributed by atoms with E-state index in [9.17, 15) is 9.59 Å². The van der Waals surface area contributed by atoms with Crippen LogP contribution in [0.5, 0.6) is 5.75 Å². The molecule has 0 bridgehead atoms. The Labute approximate surface area is 148 Å². The maximum absolute atomic E-state index is 12.4. The van der Waals surface area contributed by atoms with Gasteiger partial charge in [0, 0.05) is 5.69 Å². The number of rotatable bonds is 8. The molecule has 0 saturated heterocycles. The molecule has 0 fully saturated rings. The highest BCUT2D eigenvalue weighted by Gasteiger charge is 2.18. The molecule has 132 valence electrons. The van der Waals surface area contributed by atoms with Crippen molar-refractivity contribution in [2.75, 3.05) is 11.9 Å². The van der Waals surface area contributed by atoms with Crippen LogP contribution in [0.1, 0.15) is 37.0 Å². The Kier molecular flexibility index (Phi) is 7.01. The highest BCUT2D eigenvalue weighted by Crippen LogP contribution is 2.15. The summed E-state index contributed by atoms with van der Waals surface area (Å²) in [6.45, 7) is 4.22. The smallest absolute Gasteiger partial charge is 0.338 e. The Bertz CT molecular complexity index is 683. The van der Waals surface area contributed by atoms with Crippen LogP contribution in [0.4, 0.5) is 5.69 Å². The quantitative estimate of drug-likeness (QED) is 0.736. The van der Waals surface area contributed by atoms with Gasteiger partial charge in [-0.25, -0.2) is 4.79 Å². The summed E-state index contributed by atoms with van der Waals surface area (Å²) in [5.41, 5.74) is 1.06. The van der Waals surface area contributed by atoms with Gasteiger partial charge in [-0.1, -0.05) is 32.0 Å². The van der Waals surface area contributed by atoms with E-state index in [2.05, 4.69) is 5.32 Å². The molecule has 1 unspecified atom stereocenters. The number of ether oxygens (including phenoxy) is 2. The molecule has 2 rings (SSSR count). The Morgan fingerprint density at radius 3 is 2.28 bits per heavy atom. The molecule has 0 saturated carbocycles. The van der Waals surface area contributed by atoms with Crippen LogP contribution in [0.25, 0.3) is 0 Å². The zero-order chi connectivity index (χ0) is 18.1. The van der Waals surface area contributed by atoms with Crippen LogP contribution in [-0.4, -0.2) is 24.6 Å². The first-order chi connectivity index (χ1) is 12.1. The second-order valence-corrected chi connectivity index (χ2v) is 5.53. The van der Waals surface area contributed by atoms with Gasteiger partial charge in [0.25, 0.3) is 5.91 Å². The lowest BCUT2D eigenvalue weighted by atomic mass is 10.2. The van der Waals surface area contributed by atoms with Crippen molar-refractivity contribution in [2.45, 2.75) is 32.8 Å². The lowest BCUT2D eigenvalue weighted by molar-refractivity contribution is -0.122. The van der Waals surface area contributed by atoms with Crippen molar-refractivity contribution in [3.05, 3.63) is 60.2 Å². The van der Waals surface area contributed by atoms with Crippen molar-refractivity contribution < 1.29 is 19.1 Å². The number of para-hydroxylation sites is 1. The first-order valence-electron chi connectivity index (χ1n) is 8.43. The van der Waals surface area contributed by atoms with E-state index in [1.54, 1.807) is 24.3 Å². The molecular formula is C20H23NO4. The van der Waals surface area contributed by atoms with Crippen LogP contribution in [0.3, 0.4) is 0 Å². The minimum Gasteiger partial charge on any atom is -0.481 e. The molecule has 0 heterocycles. The van der Waals surface area contributed by atoms with E-state index >= 15 is 0 Å². The highest BCUT2D eigenvalue weighted by atomic mass is 16.5. The molecule has 0 radical (unpaired) electrons. The molecule has 0 aliphatic heterocycles. The third kappa shape index (κ3) is 5.64. The molecule has 1 atom stereocenters. The lowest BCUT2D eigenvalue weighted by Gasteiger charge is -2.17. The number of esters is 1. The predicted octanol–water partition coefficient (Wildman–Crippen LogP) is 4.05. The number of anilines is 1. The first kappa shape index (κ1) is 18.5. The van der Waals surface area contributed by atoms with E-state index in [1.165, 1.54) is 0 Å². The molecule has 25 heavy (non-hydrogen) atoms. The minimum atomic E-state index is -0.586. The van der Waals surface area contributed by atoms with E-state index in [1.807, 2.05) is 44.2 Å². The van der Waals surface area contributed by atoms with Crippen LogP contribution < -0.4 is 10.1 Å². The number of carbonyl (C=O) groups excluding carboxylic acids is 2. The highest BCUT2D eigenvalue weighted by molar-refractivity contribution is 5.95. The topological polar surface area (TPSA) is 64.6 Å². The van der Waals surface area contributed by atoms with Gasteiger partial charge in [-0.2, -0.15) is 0 Å². The van der Waals surface area contributed by atoms with E-state index in [0.29, 0.717) is 30.0 Å². The van der Waals surface area contributed by atoms with E-state index in [-0.39, 0.29) is 11.9 Å². The fourth-order valence-corrected chi connectivity index (χ4v) is 2.18. The summed E-state index contributed by atoms with van der Waals surface area (Å²) >= 11 is 0. The SMILES string of the molecule is CCCOC(=O)c1ccc(NC(=O)C(CC)Oc2ccccc2)cc1. The van der Waals surface area contributed by atoms with Crippen LogP contribution in [-0.2, 0) is 9.53 Å². The van der Waals surface area contributed by atoms with E-state index < -0.39 is 6.10 Å². The maximum atomic E-state index is 12.4. The average molecular weight is 341 g/mol. The third-order valence-electron chi connectivity index (χ3n) is 3.51. The zero-order valence-electron chi connectivity index (χ0n) is 14.5. The molecule has 0 spiro atoms. The monoisotopic (exact) mass is 341 g/mol. The van der Waals surface area contributed by atoms with Gasteiger partial charge in [-0.3, -0.25) is 4.79 Å². The molecule has 0 aliphatic carbocycles. The molecule has 1 amide bonds. The fraction of sp³-hybridized carbons (Fsp3) is 0.300. The van der Waals surface area contributed by atoms with E-state index in [4.69, 9.17) is 9.47 Å². The van der Waals surface area contributed by atoms with Crippen LogP contribution in [0.2, 0.25) is 0 Å². The number of hydrogen-bond acceptors (Lipinski definition) is 4. The molecule has 2 aromatic carbocycles. The summed E-state index contributed by atoms with van der Waals surface area (Å²) in [6, 6.07) is 15.8. The molecule has 1 N–H and O–H groups in total. The summed E-state index contributed by atoms with van der Waals surface area (Å²) in [5.74, 6) is 0.0600. The summed E-state index contributed by atoms with van der Waals surface area (Å²) in [7, 11) is 0. The van der Waals surface area contributed by atoms with Gasteiger partial charge in [-0.05, 0) is 49.2 Å². The lowest BCUT2D eigenvalue weighted by Crippen LogP contribution is -2.32. The largest absolute Gasteiger partial charge is 0.481 e. The van der Waals surface area contributed by atoms with Crippen molar-refractivity contribution in [1.82, 2.24) is 0 Å². The summed E-state index contributed by atoms with van der Waals surface area (Å²) in [4.78, 5) is 24.1. The van der Waals surface area contributed by atoms with Crippen molar-refractivity contribution in [3.8, 4) is 5.75 Å². The minimum absolute atomic E-state index is 0.229. The normalized spacial score (nSPS) is 11.4. The Morgan fingerprint density at radius 2 is 1.68 bits per heavy atom. The Morgan fingerprint density at radius 1 is 1.00 bits per heavy atom. The van der Waals surface area contributed by atoms with E-state index in [0.717, 1.165) is 6.42 Å². The standard InChI is InChI=1S/C20H23NO4/c1-3-14-24-20(23)15-10-12-16(13-11-15)21-19(22)18(4-2)25-17-8-6-5-7-9-17/h5-13,18H,3-4,14H2,1-2H3,(H,21,22). The second kappa shape index (κ2) is 9.47. The zero-order valence-corrected chi connectivity index (χ0v) is 14.5. The summed E-state index contributed by atoms with van der Waals surface area (Å²) in [5, 5.41) is 2.81. The van der Waals surface area contributed by atoms with Gasteiger partial charge >= 0.3 is 5.97 Å². The van der Waals surface area contributed by atoms with Crippen molar-refractivity contribution in [1.29, 1.82) is 0 Å². The van der Waals surface area contributed by atoms with Gasteiger partial charge < -0.3 is 14.8 Å². The third-order valence-corrected chi connectivity index (χ3v) is 3.51. The van der Waals surface area contributed by atoms with Gasteiger partial charge in [-0.15, -0.1) is 0 Å². The number of nitrogens with one attached hydrogen (secondary N) is 1. The average Bonchev–Trinajstić information content (AvgIpc) is 2.65. The van der Waals surface area contributed by atoms with Gasteiger partial charge in [0.15, 0.2) is 6.10 Å². The second-order valence-electron chi connectivity index (χ2n) is 5.53. The molecule has 5 nitrogen and oxygen atoms in total. The van der Waals surface area contributed by atoms with Crippen molar-refractivity contribution in [2.24, 2.45) is 0 Å². The van der Waals surface area contributed by atoms with Crippen molar-refractivity contribution in [3.63, 3.8) is 0 Å². The molecular weight excluding hydrogens is 318 g/mol. The molecule has 0 aromatic heterocycles. The van der Waals surface area contributed by atoms with Crippen molar-refractivity contribution >= 4 is 17.6 Å². The van der Waals surface area contributed by atoms with Crippen LogP contribution in [0, 0.1) is 0 Å². The number of hydrogen-bond donors (Lipinski definition) is 1. The summed E-state index contributed by atoms with van der Waals surface area (Å²) < 4.78 is 10.8. The predicted molar refractivity (Wildman–Crippen MR) is 96.8 cm³/mol. The van der Waals surface area contributed by atoms with Gasteiger partial charge in [0.2, 0.25) is 0 Å².